The summed E-state index contributed by atoms with van der Waals surface area (Å²) in [7, 11) is 0. The number of halogens is 1. The Labute approximate surface area is 177 Å². The molecule has 1 aromatic heterocycles. The van der Waals surface area contributed by atoms with Gasteiger partial charge in [-0.1, -0.05) is 48.5 Å². The van der Waals surface area contributed by atoms with Crippen LogP contribution in [0.3, 0.4) is 0 Å². The first-order valence-electron chi connectivity index (χ1n) is 9.93. The highest BCUT2D eigenvalue weighted by Crippen LogP contribution is 2.24. The van der Waals surface area contributed by atoms with Gasteiger partial charge in [0.05, 0.1) is 6.54 Å². The van der Waals surface area contributed by atoms with Gasteiger partial charge >= 0.3 is 0 Å². The molecule has 2 heterocycles. The van der Waals surface area contributed by atoms with Crippen molar-refractivity contribution in [1.29, 1.82) is 0 Å². The first-order chi connectivity index (χ1) is 13.8. The second kappa shape index (κ2) is 10.2. The van der Waals surface area contributed by atoms with Crippen LogP contribution in [-0.2, 0) is 17.9 Å². The third kappa shape index (κ3) is 5.46. The summed E-state index contributed by atoms with van der Waals surface area (Å²) in [5, 5.41) is 10.7. The molecule has 3 aromatic rings. The predicted octanol–water partition coefficient (Wildman–Crippen LogP) is 3.64. The molecule has 0 unspecified atom stereocenters. The lowest BCUT2D eigenvalue weighted by molar-refractivity contribution is -0.125. The molecule has 0 saturated carbocycles. The van der Waals surface area contributed by atoms with Crippen molar-refractivity contribution in [3.05, 3.63) is 78.1 Å². The third-order valence-electron chi connectivity index (χ3n) is 5.35. The van der Waals surface area contributed by atoms with Crippen molar-refractivity contribution < 1.29 is 4.79 Å². The molecule has 1 aliphatic heterocycles. The van der Waals surface area contributed by atoms with E-state index in [9.17, 15) is 4.79 Å². The lowest BCUT2D eigenvalue weighted by Gasteiger charge is -2.22. The number of hydrogen-bond acceptors (Lipinski definition) is 3. The van der Waals surface area contributed by atoms with Gasteiger partial charge in [0, 0.05) is 24.9 Å². The van der Waals surface area contributed by atoms with Crippen LogP contribution >= 0.6 is 12.4 Å². The van der Waals surface area contributed by atoms with Crippen molar-refractivity contribution in [1.82, 2.24) is 20.4 Å². The van der Waals surface area contributed by atoms with E-state index in [-0.39, 0.29) is 24.2 Å². The number of benzene rings is 2. The number of carbonyl (C=O) groups is 1. The lowest BCUT2D eigenvalue weighted by Crippen LogP contribution is -2.37. The molecule has 1 amide bonds. The van der Waals surface area contributed by atoms with Crippen LogP contribution in [0.4, 0.5) is 0 Å². The zero-order chi connectivity index (χ0) is 19.2. The van der Waals surface area contributed by atoms with Gasteiger partial charge in [-0.05, 0) is 54.3 Å². The second-order valence-electron chi connectivity index (χ2n) is 7.30. The van der Waals surface area contributed by atoms with Gasteiger partial charge in [0.25, 0.3) is 0 Å². The number of hydrogen-bond donors (Lipinski definition) is 2. The van der Waals surface area contributed by atoms with E-state index in [1.54, 1.807) is 6.20 Å². The topological polar surface area (TPSA) is 59.0 Å². The van der Waals surface area contributed by atoms with Crippen molar-refractivity contribution in [3.8, 4) is 11.1 Å². The van der Waals surface area contributed by atoms with Gasteiger partial charge in [0.2, 0.25) is 5.91 Å². The van der Waals surface area contributed by atoms with Gasteiger partial charge in [0.15, 0.2) is 0 Å². The Morgan fingerprint density at radius 2 is 1.83 bits per heavy atom. The van der Waals surface area contributed by atoms with Crippen LogP contribution in [0.25, 0.3) is 11.1 Å². The van der Waals surface area contributed by atoms with Gasteiger partial charge < -0.3 is 10.6 Å². The molecule has 5 nitrogen and oxygen atoms in total. The third-order valence-corrected chi connectivity index (χ3v) is 5.35. The largest absolute Gasteiger partial charge is 0.352 e. The maximum atomic E-state index is 12.5. The van der Waals surface area contributed by atoms with E-state index in [0.29, 0.717) is 6.54 Å². The Kier molecular flexibility index (Phi) is 7.44. The first kappa shape index (κ1) is 21.1. The van der Waals surface area contributed by atoms with Crippen LogP contribution in [0.2, 0.25) is 0 Å². The minimum atomic E-state index is 0. The molecule has 0 spiro atoms. The van der Waals surface area contributed by atoms with Crippen LogP contribution < -0.4 is 10.6 Å². The highest BCUT2D eigenvalue weighted by molar-refractivity contribution is 5.85. The molecular formula is C23H27ClN4O. The SMILES string of the molecule is Cl.O=C(NCc1ccccc1-c1ccc(Cn2cccn2)cc1)C1CCNCC1. The van der Waals surface area contributed by atoms with Crippen molar-refractivity contribution >= 4 is 18.3 Å². The van der Waals surface area contributed by atoms with E-state index < -0.39 is 0 Å². The molecule has 1 fully saturated rings. The highest BCUT2D eigenvalue weighted by Gasteiger charge is 2.20. The molecule has 0 bridgehead atoms. The quantitative estimate of drug-likeness (QED) is 0.652. The summed E-state index contributed by atoms with van der Waals surface area (Å²) in [5.41, 5.74) is 4.68. The smallest absolute Gasteiger partial charge is 0.223 e. The van der Waals surface area contributed by atoms with Gasteiger partial charge in [-0.25, -0.2) is 0 Å². The number of piperidine rings is 1. The van der Waals surface area contributed by atoms with Gasteiger partial charge in [0.1, 0.15) is 0 Å². The molecule has 1 saturated heterocycles. The molecule has 0 aliphatic carbocycles. The number of carbonyl (C=O) groups excluding carboxylic acids is 1. The van der Waals surface area contributed by atoms with E-state index in [4.69, 9.17) is 0 Å². The predicted molar refractivity (Wildman–Crippen MR) is 118 cm³/mol. The lowest BCUT2D eigenvalue weighted by atomic mass is 9.96. The number of nitrogens with one attached hydrogen (secondary N) is 2. The van der Waals surface area contributed by atoms with Crippen molar-refractivity contribution in [2.75, 3.05) is 13.1 Å². The van der Waals surface area contributed by atoms with Crippen LogP contribution in [0.1, 0.15) is 24.0 Å². The summed E-state index contributed by atoms with van der Waals surface area (Å²) in [6.45, 7) is 3.19. The second-order valence-corrected chi connectivity index (χ2v) is 7.30. The highest BCUT2D eigenvalue weighted by atomic mass is 35.5. The van der Waals surface area contributed by atoms with E-state index in [1.165, 1.54) is 11.1 Å². The molecular weight excluding hydrogens is 384 g/mol. The molecule has 6 heteroatoms. The Balaban J connectivity index is 0.00000240. The molecule has 1 aliphatic rings. The number of rotatable bonds is 6. The fourth-order valence-corrected chi connectivity index (χ4v) is 3.74. The maximum absolute atomic E-state index is 12.5. The molecule has 2 aromatic carbocycles. The summed E-state index contributed by atoms with van der Waals surface area (Å²) >= 11 is 0. The monoisotopic (exact) mass is 410 g/mol. The zero-order valence-corrected chi connectivity index (χ0v) is 17.2. The van der Waals surface area contributed by atoms with Crippen LogP contribution in [0.5, 0.6) is 0 Å². The van der Waals surface area contributed by atoms with E-state index >= 15 is 0 Å². The Morgan fingerprint density at radius 1 is 1.07 bits per heavy atom. The van der Waals surface area contributed by atoms with Crippen molar-refractivity contribution in [3.63, 3.8) is 0 Å². The average Bonchev–Trinajstić information content (AvgIpc) is 3.26. The maximum Gasteiger partial charge on any atom is 0.223 e. The van der Waals surface area contributed by atoms with Crippen LogP contribution in [-0.4, -0.2) is 28.8 Å². The van der Waals surface area contributed by atoms with E-state index in [1.807, 2.05) is 29.1 Å². The average molecular weight is 411 g/mol. The number of nitrogens with zero attached hydrogens (tertiary/aromatic N) is 2. The molecule has 4 rings (SSSR count). The molecule has 0 atom stereocenters. The minimum absolute atomic E-state index is 0. The summed E-state index contributed by atoms with van der Waals surface area (Å²) in [5.74, 6) is 0.306. The standard InChI is InChI=1S/C23H26N4O.ClH/c28-23(20-10-13-24-14-11-20)25-16-21-4-1-2-5-22(21)19-8-6-18(7-9-19)17-27-15-3-12-26-27;/h1-9,12,15,20,24H,10-11,13-14,16-17H2,(H,25,28);1H. The van der Waals surface area contributed by atoms with Gasteiger partial charge in [-0.15, -0.1) is 12.4 Å². The molecule has 0 radical (unpaired) electrons. The summed E-state index contributed by atoms with van der Waals surface area (Å²) in [4.78, 5) is 12.5. The van der Waals surface area contributed by atoms with Gasteiger partial charge in [-0.2, -0.15) is 5.10 Å². The van der Waals surface area contributed by atoms with Gasteiger partial charge in [-0.3, -0.25) is 9.48 Å². The van der Waals surface area contributed by atoms with Crippen molar-refractivity contribution in [2.45, 2.75) is 25.9 Å². The Bertz CT molecular complexity index is 903. The minimum Gasteiger partial charge on any atom is -0.352 e. The summed E-state index contributed by atoms with van der Waals surface area (Å²) < 4.78 is 1.92. The van der Waals surface area contributed by atoms with Crippen molar-refractivity contribution in [2.24, 2.45) is 5.92 Å². The van der Waals surface area contributed by atoms with E-state index in [0.717, 1.165) is 43.6 Å². The molecule has 152 valence electrons. The Hall–Kier alpha value is -2.63. The molecule has 2 N–H and O–H groups in total. The zero-order valence-electron chi connectivity index (χ0n) is 16.4. The molecule has 29 heavy (non-hydrogen) atoms. The fraction of sp³-hybridized carbons (Fsp3) is 0.304. The number of amides is 1. The number of aromatic nitrogens is 2. The summed E-state index contributed by atoms with van der Waals surface area (Å²) in [6, 6.07) is 18.8. The van der Waals surface area contributed by atoms with Crippen LogP contribution in [0.15, 0.2) is 67.0 Å². The normalized spacial score (nSPS) is 14.2. The Morgan fingerprint density at radius 3 is 2.55 bits per heavy atom. The first-order valence-corrected chi connectivity index (χ1v) is 9.93. The van der Waals surface area contributed by atoms with E-state index in [2.05, 4.69) is 52.1 Å². The summed E-state index contributed by atoms with van der Waals surface area (Å²) in [6.07, 6.45) is 5.60. The van der Waals surface area contributed by atoms with Crippen LogP contribution in [0, 0.1) is 5.92 Å². The fourth-order valence-electron chi connectivity index (χ4n) is 3.74.